The molecule has 0 aliphatic rings. The van der Waals surface area contributed by atoms with Gasteiger partial charge in [0.15, 0.2) is 5.78 Å². The Hall–Kier alpha value is -2.54. The van der Waals surface area contributed by atoms with E-state index < -0.39 is 12.0 Å². The molecule has 0 saturated carbocycles. The van der Waals surface area contributed by atoms with Gasteiger partial charge in [-0.2, -0.15) is 0 Å². The smallest absolute Gasteiger partial charge is 0.308 e. The van der Waals surface area contributed by atoms with Gasteiger partial charge in [-0.3, -0.25) is 9.59 Å². The zero-order chi connectivity index (χ0) is 17.8. The third kappa shape index (κ3) is 3.76. The maximum Gasteiger partial charge on any atom is 0.308 e. The van der Waals surface area contributed by atoms with Crippen LogP contribution in [0, 0.1) is 0 Å². The van der Waals surface area contributed by atoms with Gasteiger partial charge in [0.05, 0.1) is 18.5 Å². The Morgan fingerprint density at radius 1 is 1.16 bits per heavy atom. The van der Waals surface area contributed by atoms with Gasteiger partial charge in [-0.15, -0.1) is 5.10 Å². The van der Waals surface area contributed by atoms with Crippen molar-refractivity contribution in [3.05, 3.63) is 58.6 Å². The van der Waals surface area contributed by atoms with Crippen LogP contribution in [0.1, 0.15) is 29.7 Å². The normalized spacial score (nSPS) is 12.1. The summed E-state index contributed by atoms with van der Waals surface area (Å²) in [5.74, 6) is -0.659. The number of esters is 1. The van der Waals surface area contributed by atoms with Gasteiger partial charge in [0.25, 0.3) is 0 Å². The molecule has 0 spiro atoms. The number of fused-ring (bicyclic) bond motifs is 1. The van der Waals surface area contributed by atoms with E-state index in [4.69, 9.17) is 4.74 Å². The molecule has 0 N–H and O–H groups in total. The van der Waals surface area contributed by atoms with Gasteiger partial charge in [0.2, 0.25) is 0 Å². The zero-order valence-electron chi connectivity index (χ0n) is 13.6. The van der Waals surface area contributed by atoms with Crippen molar-refractivity contribution in [2.24, 2.45) is 0 Å². The monoisotopic (exact) mass is 401 g/mol. The van der Waals surface area contributed by atoms with E-state index in [2.05, 4.69) is 26.2 Å². The molecule has 0 radical (unpaired) electrons. The zero-order valence-corrected chi connectivity index (χ0v) is 15.1. The van der Waals surface area contributed by atoms with E-state index in [0.29, 0.717) is 16.6 Å². The van der Waals surface area contributed by atoms with Crippen molar-refractivity contribution in [1.82, 2.24) is 15.0 Å². The minimum atomic E-state index is -0.812. The summed E-state index contributed by atoms with van der Waals surface area (Å²) in [6.07, 6.45) is -0.101. The Morgan fingerprint density at radius 2 is 1.88 bits per heavy atom. The molecule has 1 aromatic heterocycles. The Labute approximate surface area is 152 Å². The summed E-state index contributed by atoms with van der Waals surface area (Å²) < 4.78 is 7.40. The highest BCUT2D eigenvalue weighted by Gasteiger charge is 2.28. The highest BCUT2D eigenvalue weighted by atomic mass is 79.9. The van der Waals surface area contributed by atoms with E-state index in [0.717, 1.165) is 4.47 Å². The van der Waals surface area contributed by atoms with Crippen LogP contribution in [0.2, 0.25) is 0 Å². The van der Waals surface area contributed by atoms with E-state index in [1.54, 1.807) is 31.2 Å². The van der Waals surface area contributed by atoms with E-state index in [1.165, 1.54) is 4.68 Å². The highest BCUT2D eigenvalue weighted by Crippen LogP contribution is 2.23. The second kappa shape index (κ2) is 7.57. The van der Waals surface area contributed by atoms with Crippen molar-refractivity contribution in [3.8, 4) is 0 Å². The van der Waals surface area contributed by atoms with Crippen LogP contribution in [-0.2, 0) is 9.53 Å². The Morgan fingerprint density at radius 3 is 2.60 bits per heavy atom. The molecule has 0 bridgehead atoms. The summed E-state index contributed by atoms with van der Waals surface area (Å²) in [5.41, 5.74) is 1.86. The Balaban J connectivity index is 2.01. The van der Waals surface area contributed by atoms with Crippen LogP contribution in [0.3, 0.4) is 0 Å². The van der Waals surface area contributed by atoms with E-state index >= 15 is 0 Å². The first-order valence-electron chi connectivity index (χ1n) is 7.85. The molecule has 25 heavy (non-hydrogen) atoms. The van der Waals surface area contributed by atoms with Crippen molar-refractivity contribution < 1.29 is 14.3 Å². The molecule has 0 fully saturated rings. The molecule has 1 heterocycles. The second-order valence-corrected chi connectivity index (χ2v) is 6.33. The molecule has 1 atom stereocenters. The lowest BCUT2D eigenvalue weighted by molar-refractivity contribution is -0.143. The first kappa shape index (κ1) is 17.3. The SMILES string of the molecule is CCOC(=O)CC(C(=O)c1ccc(Br)cc1)n1nnc2ccccc21. The molecule has 3 aromatic rings. The molecule has 7 heteroatoms. The molecule has 3 rings (SSSR count). The fourth-order valence-corrected chi connectivity index (χ4v) is 2.86. The second-order valence-electron chi connectivity index (χ2n) is 5.42. The Kier molecular flexibility index (Phi) is 5.23. The summed E-state index contributed by atoms with van der Waals surface area (Å²) in [5, 5.41) is 8.19. The lowest BCUT2D eigenvalue weighted by Crippen LogP contribution is -2.25. The van der Waals surface area contributed by atoms with Crippen molar-refractivity contribution >= 4 is 38.7 Å². The van der Waals surface area contributed by atoms with Crippen LogP contribution in [0.5, 0.6) is 0 Å². The van der Waals surface area contributed by atoms with Gasteiger partial charge in [0, 0.05) is 10.0 Å². The summed E-state index contributed by atoms with van der Waals surface area (Å²) in [4.78, 5) is 25.1. The fraction of sp³-hybridized carbons (Fsp3) is 0.222. The van der Waals surface area contributed by atoms with E-state index in [-0.39, 0.29) is 18.8 Å². The molecule has 128 valence electrons. The number of nitrogens with zero attached hydrogens (tertiary/aromatic N) is 3. The Bertz CT molecular complexity index is 905. The predicted molar refractivity (Wildman–Crippen MR) is 96.3 cm³/mol. The van der Waals surface area contributed by atoms with Crippen LogP contribution in [0.4, 0.5) is 0 Å². The van der Waals surface area contributed by atoms with Crippen LogP contribution < -0.4 is 0 Å². The average molecular weight is 402 g/mol. The minimum absolute atomic E-state index is 0.101. The molecule has 1 unspecified atom stereocenters. The van der Waals surface area contributed by atoms with Crippen molar-refractivity contribution in [1.29, 1.82) is 0 Å². The van der Waals surface area contributed by atoms with Gasteiger partial charge < -0.3 is 4.74 Å². The number of hydrogen-bond donors (Lipinski definition) is 0. The lowest BCUT2D eigenvalue weighted by Gasteiger charge is -2.16. The third-order valence-electron chi connectivity index (χ3n) is 3.77. The van der Waals surface area contributed by atoms with Gasteiger partial charge in [-0.25, -0.2) is 4.68 Å². The molecule has 0 aliphatic heterocycles. The van der Waals surface area contributed by atoms with Gasteiger partial charge in [-0.1, -0.05) is 45.4 Å². The van der Waals surface area contributed by atoms with Gasteiger partial charge in [-0.05, 0) is 31.2 Å². The molecule has 2 aromatic carbocycles. The molecule has 0 amide bonds. The van der Waals surface area contributed by atoms with Gasteiger partial charge in [0.1, 0.15) is 11.6 Å². The number of carbonyl (C=O) groups is 2. The van der Waals surface area contributed by atoms with E-state index in [1.807, 2.05) is 24.3 Å². The number of rotatable bonds is 6. The quantitative estimate of drug-likeness (QED) is 0.466. The summed E-state index contributed by atoms with van der Waals surface area (Å²) in [6, 6.07) is 13.5. The minimum Gasteiger partial charge on any atom is -0.466 e. The number of Topliss-reactive ketones (excluding diaryl/α,β-unsaturated/α-hetero) is 1. The average Bonchev–Trinajstić information content (AvgIpc) is 3.04. The van der Waals surface area contributed by atoms with Crippen LogP contribution in [0.15, 0.2) is 53.0 Å². The largest absolute Gasteiger partial charge is 0.466 e. The van der Waals surface area contributed by atoms with Gasteiger partial charge >= 0.3 is 5.97 Å². The molecule has 0 saturated heterocycles. The van der Waals surface area contributed by atoms with Crippen molar-refractivity contribution in [2.45, 2.75) is 19.4 Å². The summed E-state index contributed by atoms with van der Waals surface area (Å²) in [7, 11) is 0. The number of benzene rings is 2. The lowest BCUT2D eigenvalue weighted by atomic mass is 10.0. The first-order valence-corrected chi connectivity index (χ1v) is 8.64. The number of aromatic nitrogens is 3. The first-order chi connectivity index (χ1) is 12.1. The summed E-state index contributed by atoms with van der Waals surface area (Å²) in [6.45, 7) is 1.99. The standard InChI is InChI=1S/C18H16BrN3O3/c1-2-25-17(23)11-16(18(24)12-7-9-13(19)10-8-12)22-15-6-4-3-5-14(15)20-21-22/h3-10,16H,2,11H2,1H3. The van der Waals surface area contributed by atoms with E-state index in [9.17, 15) is 9.59 Å². The van der Waals surface area contributed by atoms with Crippen LogP contribution >= 0.6 is 15.9 Å². The number of carbonyl (C=O) groups excluding carboxylic acids is 2. The third-order valence-corrected chi connectivity index (χ3v) is 4.30. The predicted octanol–water partition coefficient (Wildman–Crippen LogP) is 3.57. The number of para-hydroxylation sites is 1. The van der Waals surface area contributed by atoms with Crippen molar-refractivity contribution in [2.75, 3.05) is 6.61 Å². The summed E-state index contributed by atoms with van der Waals surface area (Å²) >= 11 is 3.35. The van der Waals surface area contributed by atoms with Crippen molar-refractivity contribution in [3.63, 3.8) is 0 Å². The van der Waals surface area contributed by atoms with Crippen LogP contribution in [0.25, 0.3) is 11.0 Å². The molecular formula is C18H16BrN3O3. The molecular weight excluding hydrogens is 386 g/mol. The fourth-order valence-electron chi connectivity index (χ4n) is 2.59. The molecule has 6 nitrogen and oxygen atoms in total. The molecule has 0 aliphatic carbocycles. The maximum absolute atomic E-state index is 13.0. The number of ketones is 1. The number of ether oxygens (including phenoxy) is 1. The van der Waals surface area contributed by atoms with Crippen LogP contribution in [-0.4, -0.2) is 33.4 Å². The topological polar surface area (TPSA) is 74.1 Å². The number of halogens is 1. The maximum atomic E-state index is 13.0. The highest BCUT2D eigenvalue weighted by molar-refractivity contribution is 9.10. The number of hydrogen-bond acceptors (Lipinski definition) is 5.